The maximum absolute atomic E-state index is 4.68. The Morgan fingerprint density at radius 3 is 2.70 bits per heavy atom. The fraction of sp³-hybridized carbons (Fsp3) is 0.381. The van der Waals surface area contributed by atoms with Gasteiger partial charge in [0.1, 0.15) is 5.82 Å². The molecule has 2 aromatic heterocycles. The summed E-state index contributed by atoms with van der Waals surface area (Å²) in [6, 6.07) is 12.9. The highest BCUT2D eigenvalue weighted by Crippen LogP contribution is 2.23. The molecule has 27 heavy (non-hydrogen) atoms. The Morgan fingerprint density at radius 1 is 1.04 bits per heavy atom. The maximum atomic E-state index is 4.68. The number of likely N-dealkylation sites (N-methyl/N-ethyl adjacent to an activating group) is 1. The third kappa shape index (κ3) is 3.71. The lowest BCUT2D eigenvalue weighted by molar-refractivity contribution is 0.327. The van der Waals surface area contributed by atoms with Crippen LogP contribution in [0.1, 0.15) is 12.0 Å². The summed E-state index contributed by atoms with van der Waals surface area (Å²) in [5.41, 5.74) is 2.41. The molecule has 0 radical (unpaired) electrons. The van der Waals surface area contributed by atoms with Crippen LogP contribution in [-0.2, 0) is 6.54 Å². The second-order valence-corrected chi connectivity index (χ2v) is 7.39. The average Bonchev–Trinajstić information content (AvgIpc) is 3.16. The first-order valence-corrected chi connectivity index (χ1v) is 9.40. The average molecular weight is 362 g/mol. The van der Waals surface area contributed by atoms with E-state index in [4.69, 9.17) is 0 Å². The van der Waals surface area contributed by atoms with Gasteiger partial charge in [0.25, 0.3) is 0 Å². The molecule has 1 aliphatic rings. The molecule has 140 valence electrons. The van der Waals surface area contributed by atoms with Crippen molar-refractivity contribution < 1.29 is 0 Å². The molecule has 1 unspecified atom stereocenters. The van der Waals surface area contributed by atoms with E-state index in [1.54, 1.807) is 0 Å². The lowest BCUT2D eigenvalue weighted by Crippen LogP contribution is -2.35. The molecule has 1 aromatic carbocycles. The minimum absolute atomic E-state index is 0.426. The van der Waals surface area contributed by atoms with Gasteiger partial charge in [0.15, 0.2) is 0 Å². The number of likely N-dealkylation sites (tertiary alicyclic amines) is 1. The zero-order chi connectivity index (χ0) is 18.8. The van der Waals surface area contributed by atoms with Gasteiger partial charge in [-0.1, -0.05) is 18.2 Å². The third-order valence-electron chi connectivity index (χ3n) is 5.33. The maximum Gasteiger partial charge on any atom is 0.227 e. The summed E-state index contributed by atoms with van der Waals surface area (Å²) in [4.78, 5) is 20.4. The number of benzene rings is 1. The Hall–Kier alpha value is -2.73. The number of para-hydroxylation sites is 1. The first-order valence-electron chi connectivity index (χ1n) is 9.40. The van der Waals surface area contributed by atoms with Crippen LogP contribution in [0.3, 0.4) is 0 Å². The Balaban J connectivity index is 1.46. The van der Waals surface area contributed by atoms with Crippen molar-refractivity contribution >= 4 is 22.7 Å². The van der Waals surface area contributed by atoms with Crippen molar-refractivity contribution in [3.63, 3.8) is 0 Å². The molecule has 6 nitrogen and oxygen atoms in total. The van der Waals surface area contributed by atoms with Crippen molar-refractivity contribution in [2.24, 2.45) is 0 Å². The monoisotopic (exact) mass is 362 g/mol. The van der Waals surface area contributed by atoms with Gasteiger partial charge in [0, 0.05) is 64.6 Å². The topological polar surface area (TPSA) is 48.4 Å². The van der Waals surface area contributed by atoms with Crippen LogP contribution in [0, 0.1) is 0 Å². The van der Waals surface area contributed by atoms with Crippen molar-refractivity contribution in [2.45, 2.75) is 19.0 Å². The molecule has 1 fully saturated rings. The number of nitrogens with zero attached hydrogens (tertiary/aromatic N) is 6. The van der Waals surface area contributed by atoms with Crippen LogP contribution >= 0.6 is 0 Å². The van der Waals surface area contributed by atoms with Crippen LogP contribution < -0.4 is 9.80 Å². The smallest absolute Gasteiger partial charge is 0.227 e. The van der Waals surface area contributed by atoms with Gasteiger partial charge in [-0.25, -0.2) is 4.98 Å². The predicted molar refractivity (Wildman–Crippen MR) is 110 cm³/mol. The zero-order valence-electron chi connectivity index (χ0n) is 16.2. The van der Waals surface area contributed by atoms with Gasteiger partial charge >= 0.3 is 0 Å². The number of anilines is 2. The van der Waals surface area contributed by atoms with E-state index in [-0.39, 0.29) is 0 Å². The van der Waals surface area contributed by atoms with E-state index < -0.39 is 0 Å². The summed E-state index contributed by atoms with van der Waals surface area (Å²) in [5.74, 6) is 1.73. The number of rotatable bonds is 5. The fourth-order valence-electron chi connectivity index (χ4n) is 3.73. The summed E-state index contributed by atoms with van der Waals surface area (Å²) >= 11 is 0. The SMILES string of the molecule is CN(C)c1ccnc(N(C)C2CCN(Cc3ccnc4ccccc34)C2)n1. The molecule has 0 spiro atoms. The lowest BCUT2D eigenvalue weighted by Gasteiger charge is -2.26. The van der Waals surface area contributed by atoms with E-state index in [9.17, 15) is 0 Å². The first-order chi connectivity index (χ1) is 13.1. The molecule has 4 rings (SSSR count). The van der Waals surface area contributed by atoms with E-state index in [0.29, 0.717) is 6.04 Å². The number of hydrogen-bond acceptors (Lipinski definition) is 6. The van der Waals surface area contributed by atoms with E-state index in [1.165, 1.54) is 10.9 Å². The standard InChI is InChI=1S/C21H26N6/c1-25(2)20-9-12-23-21(24-20)26(3)17-10-13-27(15-17)14-16-8-11-22-19-7-5-4-6-18(16)19/h4-9,11-12,17H,10,13-15H2,1-3H3. The van der Waals surface area contributed by atoms with Crippen LogP contribution in [-0.4, -0.2) is 60.1 Å². The molecule has 1 saturated heterocycles. The minimum Gasteiger partial charge on any atom is -0.363 e. The Bertz CT molecular complexity index is 920. The van der Waals surface area contributed by atoms with Crippen molar-refractivity contribution in [3.8, 4) is 0 Å². The molecule has 0 saturated carbocycles. The Morgan fingerprint density at radius 2 is 1.85 bits per heavy atom. The molecule has 0 bridgehead atoms. The molecular formula is C21H26N6. The Kier molecular flexibility index (Phi) is 4.90. The zero-order valence-corrected chi connectivity index (χ0v) is 16.2. The third-order valence-corrected chi connectivity index (χ3v) is 5.33. The van der Waals surface area contributed by atoms with Gasteiger partial charge in [-0.15, -0.1) is 0 Å². The highest BCUT2D eigenvalue weighted by Gasteiger charge is 2.27. The van der Waals surface area contributed by atoms with E-state index >= 15 is 0 Å². The molecule has 0 aliphatic carbocycles. The Labute approximate surface area is 160 Å². The van der Waals surface area contributed by atoms with Crippen LogP contribution in [0.2, 0.25) is 0 Å². The molecule has 0 amide bonds. The summed E-state index contributed by atoms with van der Waals surface area (Å²) in [6.45, 7) is 3.05. The van der Waals surface area contributed by atoms with Gasteiger partial charge < -0.3 is 9.80 Å². The number of hydrogen-bond donors (Lipinski definition) is 0. The van der Waals surface area contributed by atoms with Crippen molar-refractivity contribution in [2.75, 3.05) is 44.0 Å². The highest BCUT2D eigenvalue weighted by atomic mass is 15.3. The number of fused-ring (bicyclic) bond motifs is 1. The molecule has 1 aliphatic heterocycles. The van der Waals surface area contributed by atoms with Crippen molar-refractivity contribution in [3.05, 3.63) is 54.4 Å². The van der Waals surface area contributed by atoms with Crippen molar-refractivity contribution in [1.82, 2.24) is 19.9 Å². The normalized spacial score (nSPS) is 17.4. The quantitative estimate of drug-likeness (QED) is 0.696. The van der Waals surface area contributed by atoms with Crippen LogP contribution in [0.4, 0.5) is 11.8 Å². The van der Waals surface area contributed by atoms with Gasteiger partial charge in [0.05, 0.1) is 5.52 Å². The van der Waals surface area contributed by atoms with Gasteiger partial charge in [-0.2, -0.15) is 4.98 Å². The first kappa shape index (κ1) is 17.7. The molecule has 3 heterocycles. The predicted octanol–water partition coefficient (Wildman–Crippen LogP) is 2.80. The minimum atomic E-state index is 0.426. The largest absolute Gasteiger partial charge is 0.363 e. The molecule has 6 heteroatoms. The molecule has 3 aromatic rings. The summed E-state index contributed by atoms with van der Waals surface area (Å²) in [5, 5.41) is 1.25. The highest BCUT2D eigenvalue weighted by molar-refractivity contribution is 5.81. The molecular weight excluding hydrogens is 336 g/mol. The second-order valence-electron chi connectivity index (χ2n) is 7.39. The second kappa shape index (κ2) is 7.48. The number of pyridine rings is 1. The molecule has 1 atom stereocenters. The van der Waals surface area contributed by atoms with Gasteiger partial charge in [-0.05, 0) is 30.2 Å². The van der Waals surface area contributed by atoms with E-state index in [0.717, 1.165) is 43.3 Å². The lowest BCUT2D eigenvalue weighted by atomic mass is 10.1. The summed E-state index contributed by atoms with van der Waals surface area (Å²) in [7, 11) is 6.11. The van der Waals surface area contributed by atoms with Gasteiger partial charge in [-0.3, -0.25) is 9.88 Å². The number of aromatic nitrogens is 3. The molecule has 0 N–H and O–H groups in total. The van der Waals surface area contributed by atoms with Gasteiger partial charge in [0.2, 0.25) is 5.95 Å². The van der Waals surface area contributed by atoms with Crippen LogP contribution in [0.25, 0.3) is 10.9 Å². The van der Waals surface area contributed by atoms with Crippen LogP contribution in [0.15, 0.2) is 48.8 Å². The fourth-order valence-corrected chi connectivity index (χ4v) is 3.73. The van der Waals surface area contributed by atoms with Crippen LogP contribution in [0.5, 0.6) is 0 Å². The summed E-state index contributed by atoms with van der Waals surface area (Å²) < 4.78 is 0. The van der Waals surface area contributed by atoms with E-state index in [2.05, 4.69) is 56.1 Å². The van der Waals surface area contributed by atoms with Crippen molar-refractivity contribution in [1.29, 1.82) is 0 Å². The van der Waals surface area contributed by atoms with E-state index in [1.807, 2.05) is 43.5 Å². The summed E-state index contributed by atoms with van der Waals surface area (Å²) in [6.07, 6.45) is 4.87.